The van der Waals surface area contributed by atoms with E-state index in [2.05, 4.69) is 4.98 Å². The molecule has 0 saturated carbocycles. The van der Waals surface area contributed by atoms with Crippen LogP contribution in [-0.2, 0) is 0 Å². The lowest BCUT2D eigenvalue weighted by Crippen LogP contribution is -2.08. The molecule has 0 fully saturated rings. The molecular formula is C16H11NO4. The van der Waals surface area contributed by atoms with E-state index in [9.17, 15) is 9.59 Å². The molecule has 0 radical (unpaired) electrons. The van der Waals surface area contributed by atoms with Gasteiger partial charge in [-0.3, -0.25) is 0 Å². The van der Waals surface area contributed by atoms with Gasteiger partial charge < -0.3 is 14.8 Å². The minimum absolute atomic E-state index is 0.0687. The molecule has 21 heavy (non-hydrogen) atoms. The number of carboxylic acid groups (broad SMARTS) is 1. The summed E-state index contributed by atoms with van der Waals surface area (Å²) in [6.45, 7) is 0. The largest absolute Gasteiger partial charge is 0.478 e. The minimum Gasteiger partial charge on any atom is -0.478 e. The molecule has 0 aliphatic carbocycles. The van der Waals surface area contributed by atoms with Crippen LogP contribution < -0.4 is 4.74 Å². The Kier molecular flexibility index (Phi) is 3.16. The normalized spacial score (nSPS) is 10.5. The standard InChI is InChI=1S/C16H11NO4/c18-15(19)10-4-3-5-11(8-10)21-16(20)13-9-17-14-7-2-1-6-12(13)14/h1-9,17H,(H,18,19). The Bertz CT molecular complexity index is 835. The van der Waals surface area contributed by atoms with Gasteiger partial charge in [0, 0.05) is 17.1 Å². The van der Waals surface area contributed by atoms with Crippen molar-refractivity contribution in [2.45, 2.75) is 0 Å². The lowest BCUT2D eigenvalue weighted by Gasteiger charge is -2.04. The summed E-state index contributed by atoms with van der Waals surface area (Å²) in [5, 5.41) is 9.68. The fraction of sp³-hybridized carbons (Fsp3) is 0. The molecule has 2 aromatic carbocycles. The Labute approximate surface area is 119 Å². The monoisotopic (exact) mass is 281 g/mol. The van der Waals surface area contributed by atoms with Crippen molar-refractivity contribution in [2.24, 2.45) is 0 Å². The highest BCUT2D eigenvalue weighted by molar-refractivity contribution is 6.04. The highest BCUT2D eigenvalue weighted by atomic mass is 16.5. The maximum Gasteiger partial charge on any atom is 0.345 e. The molecule has 5 heteroatoms. The predicted molar refractivity (Wildman–Crippen MR) is 76.7 cm³/mol. The fourth-order valence-electron chi connectivity index (χ4n) is 2.10. The van der Waals surface area contributed by atoms with Gasteiger partial charge in [0.05, 0.1) is 11.1 Å². The molecule has 2 N–H and O–H groups in total. The summed E-state index contributed by atoms with van der Waals surface area (Å²) in [5.41, 5.74) is 1.31. The number of carboxylic acids is 1. The third-order valence-electron chi connectivity index (χ3n) is 3.10. The number of hydrogen-bond donors (Lipinski definition) is 2. The first kappa shape index (κ1) is 12.9. The van der Waals surface area contributed by atoms with Gasteiger partial charge in [0.15, 0.2) is 0 Å². The van der Waals surface area contributed by atoms with Crippen LogP contribution in [-0.4, -0.2) is 22.0 Å². The highest BCUT2D eigenvalue weighted by Gasteiger charge is 2.14. The molecule has 3 aromatic rings. The number of carbonyl (C=O) groups is 2. The lowest BCUT2D eigenvalue weighted by molar-refractivity contribution is 0.0688. The van der Waals surface area contributed by atoms with Crippen LogP contribution in [0.25, 0.3) is 10.9 Å². The Morgan fingerprint density at radius 2 is 1.86 bits per heavy atom. The topological polar surface area (TPSA) is 79.4 Å². The number of H-pyrrole nitrogens is 1. The average Bonchev–Trinajstić information content (AvgIpc) is 2.91. The van der Waals surface area contributed by atoms with E-state index in [1.807, 2.05) is 24.3 Å². The molecule has 1 heterocycles. The van der Waals surface area contributed by atoms with Gasteiger partial charge in [-0.2, -0.15) is 0 Å². The smallest absolute Gasteiger partial charge is 0.345 e. The third-order valence-corrected chi connectivity index (χ3v) is 3.10. The zero-order valence-electron chi connectivity index (χ0n) is 10.9. The van der Waals surface area contributed by atoms with Crippen molar-refractivity contribution in [3.8, 4) is 5.75 Å². The maximum absolute atomic E-state index is 12.2. The van der Waals surface area contributed by atoms with Gasteiger partial charge in [-0.25, -0.2) is 9.59 Å². The molecular weight excluding hydrogens is 270 g/mol. The number of para-hydroxylation sites is 1. The summed E-state index contributed by atoms with van der Waals surface area (Å²) in [4.78, 5) is 26.1. The van der Waals surface area contributed by atoms with Crippen LogP contribution >= 0.6 is 0 Å². The molecule has 104 valence electrons. The van der Waals surface area contributed by atoms with Crippen molar-refractivity contribution in [3.05, 3.63) is 65.9 Å². The summed E-state index contributed by atoms with van der Waals surface area (Å²) in [5.74, 6) is -1.40. The lowest BCUT2D eigenvalue weighted by atomic mass is 10.2. The van der Waals surface area contributed by atoms with E-state index in [0.717, 1.165) is 10.9 Å². The average molecular weight is 281 g/mol. The van der Waals surface area contributed by atoms with E-state index in [1.165, 1.54) is 18.2 Å². The van der Waals surface area contributed by atoms with E-state index in [4.69, 9.17) is 9.84 Å². The van der Waals surface area contributed by atoms with Gasteiger partial charge in [-0.1, -0.05) is 24.3 Å². The highest BCUT2D eigenvalue weighted by Crippen LogP contribution is 2.20. The number of rotatable bonds is 3. The summed E-state index contributed by atoms with van der Waals surface area (Å²) < 4.78 is 5.24. The molecule has 0 bridgehead atoms. The van der Waals surface area contributed by atoms with Crippen LogP contribution in [0.3, 0.4) is 0 Å². The van der Waals surface area contributed by atoms with Crippen LogP contribution in [0.5, 0.6) is 5.75 Å². The third kappa shape index (κ3) is 2.49. The number of hydrogen-bond acceptors (Lipinski definition) is 3. The van der Waals surface area contributed by atoms with Crippen LogP contribution in [0.1, 0.15) is 20.7 Å². The van der Waals surface area contributed by atoms with Gasteiger partial charge in [0.1, 0.15) is 5.75 Å². The van der Waals surface area contributed by atoms with E-state index >= 15 is 0 Å². The second-order valence-electron chi connectivity index (χ2n) is 4.47. The number of fused-ring (bicyclic) bond motifs is 1. The van der Waals surface area contributed by atoms with Crippen LogP contribution in [0.4, 0.5) is 0 Å². The number of aromatic nitrogens is 1. The fourth-order valence-corrected chi connectivity index (χ4v) is 2.10. The molecule has 0 saturated heterocycles. The molecule has 0 spiro atoms. The van der Waals surface area contributed by atoms with Crippen LogP contribution in [0, 0.1) is 0 Å². The first-order valence-corrected chi connectivity index (χ1v) is 6.27. The van der Waals surface area contributed by atoms with Crippen LogP contribution in [0.15, 0.2) is 54.7 Å². The number of nitrogens with one attached hydrogen (secondary N) is 1. The summed E-state index contributed by atoms with van der Waals surface area (Å²) in [6.07, 6.45) is 1.58. The van der Waals surface area contributed by atoms with E-state index in [1.54, 1.807) is 12.3 Å². The second-order valence-corrected chi connectivity index (χ2v) is 4.47. The molecule has 0 amide bonds. The molecule has 0 unspecified atom stereocenters. The molecule has 5 nitrogen and oxygen atoms in total. The molecule has 3 rings (SSSR count). The Balaban J connectivity index is 1.90. The molecule has 1 aromatic heterocycles. The van der Waals surface area contributed by atoms with Crippen molar-refractivity contribution in [2.75, 3.05) is 0 Å². The molecule has 0 aliphatic heterocycles. The maximum atomic E-state index is 12.2. The van der Waals surface area contributed by atoms with E-state index < -0.39 is 11.9 Å². The summed E-state index contributed by atoms with van der Waals surface area (Å²) >= 11 is 0. The van der Waals surface area contributed by atoms with Crippen molar-refractivity contribution < 1.29 is 19.4 Å². The quantitative estimate of drug-likeness (QED) is 0.571. The van der Waals surface area contributed by atoms with Crippen molar-refractivity contribution in [1.29, 1.82) is 0 Å². The Morgan fingerprint density at radius 1 is 1.05 bits per heavy atom. The first-order valence-electron chi connectivity index (χ1n) is 6.27. The number of esters is 1. The zero-order valence-corrected chi connectivity index (χ0v) is 10.9. The SMILES string of the molecule is O=C(O)c1cccc(OC(=O)c2c[nH]c3ccccc23)c1. The zero-order chi connectivity index (χ0) is 14.8. The van der Waals surface area contributed by atoms with Gasteiger partial charge in [0.2, 0.25) is 0 Å². The van der Waals surface area contributed by atoms with Crippen molar-refractivity contribution in [3.63, 3.8) is 0 Å². The van der Waals surface area contributed by atoms with Crippen molar-refractivity contribution >= 4 is 22.8 Å². The number of aromatic amines is 1. The van der Waals surface area contributed by atoms with Crippen molar-refractivity contribution in [1.82, 2.24) is 4.98 Å². The number of carbonyl (C=O) groups excluding carboxylic acids is 1. The number of ether oxygens (including phenoxy) is 1. The Morgan fingerprint density at radius 3 is 2.67 bits per heavy atom. The van der Waals surface area contributed by atoms with Gasteiger partial charge in [-0.15, -0.1) is 0 Å². The minimum atomic E-state index is -1.07. The van der Waals surface area contributed by atoms with Gasteiger partial charge >= 0.3 is 11.9 Å². The van der Waals surface area contributed by atoms with Crippen LogP contribution in [0.2, 0.25) is 0 Å². The summed E-state index contributed by atoms with van der Waals surface area (Å²) in [7, 11) is 0. The van der Waals surface area contributed by atoms with Gasteiger partial charge in [-0.05, 0) is 24.3 Å². The number of benzene rings is 2. The number of aromatic carboxylic acids is 1. The molecule has 0 atom stereocenters. The Hall–Kier alpha value is -3.08. The predicted octanol–water partition coefficient (Wildman–Crippen LogP) is 3.09. The van der Waals surface area contributed by atoms with E-state index in [0.29, 0.717) is 5.56 Å². The first-order chi connectivity index (χ1) is 10.1. The second kappa shape index (κ2) is 5.13. The molecule has 0 aliphatic rings. The van der Waals surface area contributed by atoms with E-state index in [-0.39, 0.29) is 11.3 Å². The summed E-state index contributed by atoms with van der Waals surface area (Å²) in [6, 6.07) is 13.2. The van der Waals surface area contributed by atoms with Gasteiger partial charge in [0.25, 0.3) is 0 Å².